The molecule has 4 rings (SSSR count). The topological polar surface area (TPSA) is 111 Å². The van der Waals surface area contributed by atoms with Crippen molar-refractivity contribution < 1.29 is 19.2 Å². The molecule has 1 saturated carbocycles. The molecule has 9 heteroatoms. The van der Waals surface area contributed by atoms with Crippen LogP contribution < -0.4 is 16.0 Å². The third kappa shape index (κ3) is 5.03. The van der Waals surface area contributed by atoms with Crippen molar-refractivity contribution in [2.45, 2.75) is 75.5 Å². The first-order chi connectivity index (χ1) is 16.4. The second kappa shape index (κ2) is 10.4. The summed E-state index contributed by atoms with van der Waals surface area (Å²) in [7, 11) is 1.55. The van der Waals surface area contributed by atoms with Gasteiger partial charge in [0.25, 0.3) is 0 Å². The number of carbonyl (C=O) groups is 4. The van der Waals surface area contributed by atoms with E-state index in [0.29, 0.717) is 31.7 Å². The Bertz CT molecular complexity index is 917. The summed E-state index contributed by atoms with van der Waals surface area (Å²) in [6.45, 7) is 2.26. The quantitative estimate of drug-likeness (QED) is 0.605. The van der Waals surface area contributed by atoms with Crippen molar-refractivity contribution in [3.8, 4) is 0 Å². The van der Waals surface area contributed by atoms with Crippen LogP contribution in [-0.4, -0.2) is 77.9 Å². The molecule has 3 aliphatic rings. The summed E-state index contributed by atoms with van der Waals surface area (Å²) in [6, 6.07) is 8.61. The SMILES string of the molecule is CCC(=O)N[C@H]1CN(C(=O)NC)CC[C@H]2CCC(C(=O)N[C@H]3C[C@H](c4ccccc4)C3)N2C1=O. The Hall–Kier alpha value is -3.10. The maximum atomic E-state index is 13.6. The number of fused-ring (bicyclic) bond motifs is 1. The summed E-state index contributed by atoms with van der Waals surface area (Å²) < 4.78 is 0. The van der Waals surface area contributed by atoms with Gasteiger partial charge in [0.1, 0.15) is 12.1 Å². The van der Waals surface area contributed by atoms with Crippen LogP contribution in [0.2, 0.25) is 0 Å². The molecule has 3 fully saturated rings. The molecule has 1 aliphatic carbocycles. The first kappa shape index (κ1) is 24.0. The Morgan fingerprint density at radius 1 is 1.03 bits per heavy atom. The normalized spacial score (nSPS) is 28.8. The summed E-state index contributed by atoms with van der Waals surface area (Å²) in [5.74, 6) is -0.199. The van der Waals surface area contributed by atoms with Gasteiger partial charge >= 0.3 is 6.03 Å². The largest absolute Gasteiger partial charge is 0.352 e. The highest BCUT2D eigenvalue weighted by atomic mass is 16.2. The summed E-state index contributed by atoms with van der Waals surface area (Å²) in [4.78, 5) is 54.5. The second-order valence-corrected chi connectivity index (χ2v) is 9.54. The lowest BCUT2D eigenvalue weighted by Crippen LogP contribution is -2.62. The third-order valence-electron chi connectivity index (χ3n) is 7.41. The van der Waals surface area contributed by atoms with Gasteiger partial charge in [-0.1, -0.05) is 37.3 Å². The Morgan fingerprint density at radius 3 is 2.44 bits per heavy atom. The van der Waals surface area contributed by atoms with E-state index in [-0.39, 0.29) is 48.8 Å². The van der Waals surface area contributed by atoms with Crippen LogP contribution in [0.15, 0.2) is 30.3 Å². The van der Waals surface area contributed by atoms with Crippen molar-refractivity contribution in [3.05, 3.63) is 35.9 Å². The number of benzene rings is 1. The van der Waals surface area contributed by atoms with Gasteiger partial charge in [0, 0.05) is 32.1 Å². The Kier molecular flexibility index (Phi) is 7.38. The zero-order valence-corrected chi connectivity index (χ0v) is 20.0. The fraction of sp³-hybridized carbons (Fsp3) is 0.600. The van der Waals surface area contributed by atoms with Gasteiger partial charge in [0.2, 0.25) is 17.7 Å². The molecule has 0 spiro atoms. The van der Waals surface area contributed by atoms with Crippen molar-refractivity contribution in [2.24, 2.45) is 0 Å². The molecule has 1 aromatic carbocycles. The van der Waals surface area contributed by atoms with E-state index in [9.17, 15) is 19.2 Å². The predicted molar refractivity (Wildman–Crippen MR) is 127 cm³/mol. The van der Waals surface area contributed by atoms with Gasteiger partial charge in [-0.3, -0.25) is 14.4 Å². The molecule has 3 N–H and O–H groups in total. The van der Waals surface area contributed by atoms with E-state index in [1.54, 1.807) is 23.8 Å². The minimum absolute atomic E-state index is 0.0865. The summed E-state index contributed by atoms with van der Waals surface area (Å²) in [6.07, 6.45) is 3.94. The second-order valence-electron chi connectivity index (χ2n) is 9.54. The van der Waals surface area contributed by atoms with Crippen molar-refractivity contribution >= 4 is 23.8 Å². The van der Waals surface area contributed by atoms with Gasteiger partial charge in [-0.15, -0.1) is 0 Å². The first-order valence-corrected chi connectivity index (χ1v) is 12.3. The number of hydrogen-bond acceptors (Lipinski definition) is 4. The number of rotatable bonds is 5. The fourth-order valence-corrected chi connectivity index (χ4v) is 5.41. The van der Waals surface area contributed by atoms with E-state index >= 15 is 0 Å². The number of amides is 5. The van der Waals surface area contributed by atoms with Crippen molar-refractivity contribution in [1.29, 1.82) is 0 Å². The van der Waals surface area contributed by atoms with E-state index < -0.39 is 12.1 Å². The van der Waals surface area contributed by atoms with E-state index in [1.165, 1.54) is 5.56 Å². The molecular formula is C25H35N5O4. The van der Waals surface area contributed by atoms with Crippen LogP contribution in [0.5, 0.6) is 0 Å². The predicted octanol–water partition coefficient (Wildman–Crippen LogP) is 1.35. The molecule has 0 bridgehead atoms. The molecule has 3 atom stereocenters. The van der Waals surface area contributed by atoms with Crippen LogP contribution >= 0.6 is 0 Å². The zero-order valence-electron chi connectivity index (χ0n) is 20.0. The minimum atomic E-state index is -0.868. The highest BCUT2D eigenvalue weighted by Gasteiger charge is 2.46. The third-order valence-corrected chi connectivity index (χ3v) is 7.41. The van der Waals surface area contributed by atoms with E-state index in [4.69, 9.17) is 0 Å². The number of nitrogens with one attached hydrogen (secondary N) is 3. The molecule has 1 unspecified atom stereocenters. The Morgan fingerprint density at radius 2 is 1.76 bits per heavy atom. The maximum Gasteiger partial charge on any atom is 0.317 e. The average molecular weight is 470 g/mol. The van der Waals surface area contributed by atoms with Gasteiger partial charge in [0.15, 0.2) is 0 Å². The Labute approximate surface area is 200 Å². The molecule has 1 aromatic rings. The van der Waals surface area contributed by atoms with Crippen molar-refractivity contribution in [3.63, 3.8) is 0 Å². The smallest absolute Gasteiger partial charge is 0.317 e. The lowest BCUT2D eigenvalue weighted by Gasteiger charge is -2.40. The molecule has 0 aromatic heterocycles. The molecule has 34 heavy (non-hydrogen) atoms. The zero-order chi connectivity index (χ0) is 24.2. The van der Waals surface area contributed by atoms with Gasteiger partial charge in [-0.2, -0.15) is 0 Å². The van der Waals surface area contributed by atoms with Crippen LogP contribution in [0.1, 0.15) is 56.9 Å². The van der Waals surface area contributed by atoms with E-state index in [1.807, 2.05) is 18.2 Å². The standard InChI is InChI=1S/C25H35N5O4/c1-3-22(31)28-20-15-29(25(34)26-2)12-11-19-9-10-21(30(19)24(20)33)23(32)27-18-13-17(14-18)16-7-5-4-6-8-16/h4-8,17-21H,3,9-15H2,1-2H3,(H,26,34)(H,27,32)(H,28,31)/t17-,18-,19-,20+,21?/m1/s1. The summed E-state index contributed by atoms with van der Waals surface area (Å²) in [5.41, 5.74) is 1.29. The van der Waals surface area contributed by atoms with Crippen LogP contribution in [-0.2, 0) is 14.4 Å². The molecule has 9 nitrogen and oxygen atoms in total. The number of nitrogens with zero attached hydrogens (tertiary/aromatic N) is 2. The van der Waals surface area contributed by atoms with E-state index in [2.05, 4.69) is 28.1 Å². The van der Waals surface area contributed by atoms with Crippen molar-refractivity contribution in [2.75, 3.05) is 20.1 Å². The van der Waals surface area contributed by atoms with Crippen molar-refractivity contribution in [1.82, 2.24) is 25.8 Å². The van der Waals surface area contributed by atoms with Gasteiger partial charge in [0.05, 0.1) is 6.54 Å². The minimum Gasteiger partial charge on any atom is -0.352 e. The number of urea groups is 1. The molecule has 2 saturated heterocycles. The molecule has 0 radical (unpaired) electrons. The summed E-state index contributed by atoms with van der Waals surface area (Å²) >= 11 is 0. The summed E-state index contributed by atoms with van der Waals surface area (Å²) in [5, 5.41) is 8.53. The first-order valence-electron chi connectivity index (χ1n) is 12.3. The molecular weight excluding hydrogens is 434 g/mol. The fourth-order valence-electron chi connectivity index (χ4n) is 5.41. The lowest BCUT2D eigenvalue weighted by molar-refractivity contribution is -0.145. The number of carbonyl (C=O) groups excluding carboxylic acids is 4. The van der Waals surface area contributed by atoms with Gasteiger partial charge in [-0.05, 0) is 43.6 Å². The molecule has 5 amide bonds. The van der Waals surface area contributed by atoms with Crippen LogP contribution in [0, 0.1) is 0 Å². The Balaban J connectivity index is 1.43. The van der Waals surface area contributed by atoms with Gasteiger partial charge < -0.3 is 25.8 Å². The number of hydrogen-bond donors (Lipinski definition) is 3. The maximum absolute atomic E-state index is 13.6. The highest BCUT2D eigenvalue weighted by molar-refractivity contribution is 5.93. The van der Waals surface area contributed by atoms with E-state index in [0.717, 1.165) is 12.8 Å². The van der Waals surface area contributed by atoms with Crippen LogP contribution in [0.4, 0.5) is 4.79 Å². The average Bonchev–Trinajstić information content (AvgIpc) is 3.24. The van der Waals surface area contributed by atoms with Crippen LogP contribution in [0.3, 0.4) is 0 Å². The monoisotopic (exact) mass is 469 g/mol. The van der Waals surface area contributed by atoms with Crippen LogP contribution in [0.25, 0.3) is 0 Å². The molecule has 2 heterocycles. The molecule has 184 valence electrons. The molecule has 2 aliphatic heterocycles. The lowest BCUT2D eigenvalue weighted by atomic mass is 9.76. The van der Waals surface area contributed by atoms with Gasteiger partial charge in [-0.25, -0.2) is 4.79 Å². The highest BCUT2D eigenvalue weighted by Crippen LogP contribution is 2.37.